The molecule has 2 amide bonds. The molecule has 0 saturated heterocycles. The lowest BCUT2D eigenvalue weighted by Crippen LogP contribution is -2.36. The standard InChI is InChI=1S/C21H21NO4/c1-13-9-10-17(16(11-13)21(2,3)4)26-18(23)12-22-19(24)14-7-5-6-8-15(14)20(22)25/h5-11H,12H2,1-4H3. The van der Waals surface area contributed by atoms with Crippen molar-refractivity contribution in [3.05, 3.63) is 64.7 Å². The van der Waals surface area contributed by atoms with E-state index in [1.807, 2.05) is 39.8 Å². The highest BCUT2D eigenvalue weighted by Crippen LogP contribution is 2.32. The third-order valence-electron chi connectivity index (χ3n) is 4.33. The van der Waals surface area contributed by atoms with E-state index in [0.717, 1.165) is 16.0 Å². The molecule has 0 aliphatic carbocycles. The van der Waals surface area contributed by atoms with Gasteiger partial charge in [-0.2, -0.15) is 0 Å². The molecular weight excluding hydrogens is 330 g/mol. The summed E-state index contributed by atoms with van der Waals surface area (Å²) in [6, 6.07) is 12.1. The highest BCUT2D eigenvalue weighted by atomic mass is 16.5. The minimum Gasteiger partial charge on any atom is -0.425 e. The van der Waals surface area contributed by atoms with Crippen LogP contribution in [0, 0.1) is 6.92 Å². The zero-order valence-corrected chi connectivity index (χ0v) is 15.3. The zero-order chi connectivity index (χ0) is 19.1. The van der Waals surface area contributed by atoms with Crippen molar-refractivity contribution in [1.82, 2.24) is 4.90 Å². The molecule has 0 unspecified atom stereocenters. The highest BCUT2D eigenvalue weighted by Gasteiger charge is 2.36. The van der Waals surface area contributed by atoms with Crippen LogP contribution in [0.4, 0.5) is 0 Å². The minimum atomic E-state index is -0.645. The molecule has 5 nitrogen and oxygen atoms in total. The summed E-state index contributed by atoms with van der Waals surface area (Å²) in [6.07, 6.45) is 0. The summed E-state index contributed by atoms with van der Waals surface area (Å²) in [5, 5.41) is 0. The molecule has 0 saturated carbocycles. The van der Waals surface area contributed by atoms with Gasteiger partial charge in [0.25, 0.3) is 11.8 Å². The van der Waals surface area contributed by atoms with Crippen LogP contribution in [0.1, 0.15) is 52.6 Å². The van der Waals surface area contributed by atoms with Gasteiger partial charge in [-0.1, -0.05) is 50.6 Å². The number of fused-ring (bicyclic) bond motifs is 1. The van der Waals surface area contributed by atoms with Crippen molar-refractivity contribution >= 4 is 17.8 Å². The van der Waals surface area contributed by atoms with Crippen LogP contribution < -0.4 is 4.74 Å². The quantitative estimate of drug-likeness (QED) is 0.482. The summed E-state index contributed by atoms with van der Waals surface area (Å²) in [5.74, 6) is -1.14. The molecule has 0 atom stereocenters. The fourth-order valence-corrected chi connectivity index (χ4v) is 2.99. The number of carbonyl (C=O) groups excluding carboxylic acids is 3. The Bertz CT molecular complexity index is 873. The van der Waals surface area contributed by atoms with E-state index < -0.39 is 24.3 Å². The number of hydrogen-bond acceptors (Lipinski definition) is 4. The second-order valence-corrected chi connectivity index (χ2v) is 7.47. The maximum Gasteiger partial charge on any atom is 0.331 e. The fraction of sp³-hybridized carbons (Fsp3) is 0.286. The first-order valence-corrected chi connectivity index (χ1v) is 8.45. The predicted molar refractivity (Wildman–Crippen MR) is 97.3 cm³/mol. The molecule has 1 aliphatic rings. The third kappa shape index (κ3) is 3.25. The van der Waals surface area contributed by atoms with Crippen LogP contribution in [-0.4, -0.2) is 29.2 Å². The zero-order valence-electron chi connectivity index (χ0n) is 15.3. The molecule has 0 spiro atoms. The van der Waals surface area contributed by atoms with Crippen molar-refractivity contribution in [2.75, 3.05) is 6.54 Å². The first kappa shape index (κ1) is 17.9. The lowest BCUT2D eigenvalue weighted by atomic mass is 9.85. The minimum absolute atomic E-state index is 0.211. The van der Waals surface area contributed by atoms with Gasteiger partial charge in [0.1, 0.15) is 12.3 Å². The average Bonchev–Trinajstić information content (AvgIpc) is 2.81. The van der Waals surface area contributed by atoms with Gasteiger partial charge in [-0.3, -0.25) is 14.5 Å². The molecule has 5 heteroatoms. The summed E-state index contributed by atoms with van der Waals surface area (Å²) >= 11 is 0. The lowest BCUT2D eigenvalue weighted by molar-refractivity contribution is -0.134. The van der Waals surface area contributed by atoms with E-state index in [0.29, 0.717) is 16.9 Å². The molecule has 2 aromatic carbocycles. The van der Waals surface area contributed by atoms with Gasteiger partial charge >= 0.3 is 5.97 Å². The summed E-state index contributed by atoms with van der Waals surface area (Å²) in [6.45, 7) is 7.65. The number of ether oxygens (including phenoxy) is 1. The Morgan fingerprint density at radius 2 is 1.58 bits per heavy atom. The Balaban J connectivity index is 1.79. The largest absolute Gasteiger partial charge is 0.425 e. The normalized spacial score (nSPS) is 13.8. The maximum absolute atomic E-state index is 12.4. The van der Waals surface area contributed by atoms with Gasteiger partial charge < -0.3 is 4.74 Å². The van der Waals surface area contributed by atoms with Crippen LogP contribution in [-0.2, 0) is 10.2 Å². The summed E-state index contributed by atoms with van der Waals surface area (Å²) < 4.78 is 5.50. The SMILES string of the molecule is Cc1ccc(OC(=O)CN2C(=O)c3ccccc3C2=O)c(C(C)(C)C)c1. The first-order chi connectivity index (χ1) is 12.2. The highest BCUT2D eigenvalue weighted by molar-refractivity contribution is 6.22. The average molecular weight is 351 g/mol. The van der Waals surface area contributed by atoms with Gasteiger partial charge in [0.15, 0.2) is 0 Å². The second kappa shape index (κ2) is 6.41. The molecular formula is C21H21NO4. The molecule has 0 fully saturated rings. The Morgan fingerprint density at radius 3 is 2.12 bits per heavy atom. The van der Waals surface area contributed by atoms with Crippen molar-refractivity contribution in [3.8, 4) is 5.75 Å². The van der Waals surface area contributed by atoms with Crippen molar-refractivity contribution in [2.45, 2.75) is 33.1 Å². The smallest absolute Gasteiger partial charge is 0.331 e. The Labute approximate surface area is 152 Å². The number of benzene rings is 2. The lowest BCUT2D eigenvalue weighted by Gasteiger charge is -2.23. The number of hydrogen-bond donors (Lipinski definition) is 0. The summed E-state index contributed by atoms with van der Waals surface area (Å²) in [4.78, 5) is 38.1. The van der Waals surface area contributed by atoms with Crippen molar-refractivity contribution in [2.24, 2.45) is 0 Å². The fourth-order valence-electron chi connectivity index (χ4n) is 2.99. The number of rotatable bonds is 3. The molecule has 3 rings (SSSR count). The number of esters is 1. The van der Waals surface area contributed by atoms with Crippen LogP contribution in [0.2, 0.25) is 0 Å². The van der Waals surface area contributed by atoms with Crippen LogP contribution in [0.3, 0.4) is 0 Å². The number of imide groups is 1. The van der Waals surface area contributed by atoms with Gasteiger partial charge in [0.05, 0.1) is 11.1 Å². The van der Waals surface area contributed by atoms with Gasteiger partial charge in [0.2, 0.25) is 0 Å². The topological polar surface area (TPSA) is 63.7 Å². The van der Waals surface area contributed by atoms with E-state index in [1.165, 1.54) is 0 Å². The van der Waals surface area contributed by atoms with Crippen LogP contribution in [0.15, 0.2) is 42.5 Å². The Morgan fingerprint density at radius 1 is 1.00 bits per heavy atom. The molecule has 0 aromatic heterocycles. The Hall–Kier alpha value is -2.95. The predicted octanol–water partition coefficient (Wildman–Crippen LogP) is 3.49. The van der Waals surface area contributed by atoms with E-state index >= 15 is 0 Å². The monoisotopic (exact) mass is 351 g/mol. The molecule has 26 heavy (non-hydrogen) atoms. The molecule has 0 N–H and O–H groups in total. The van der Waals surface area contributed by atoms with Gasteiger partial charge in [-0.25, -0.2) is 4.79 Å². The van der Waals surface area contributed by atoms with E-state index in [-0.39, 0.29) is 5.41 Å². The molecule has 134 valence electrons. The number of amides is 2. The van der Waals surface area contributed by atoms with E-state index in [2.05, 4.69) is 0 Å². The summed E-state index contributed by atoms with van der Waals surface area (Å²) in [5.41, 5.74) is 2.38. The third-order valence-corrected chi connectivity index (χ3v) is 4.33. The van der Waals surface area contributed by atoms with Crippen LogP contribution in [0.25, 0.3) is 0 Å². The molecule has 0 bridgehead atoms. The second-order valence-electron chi connectivity index (χ2n) is 7.47. The van der Waals surface area contributed by atoms with Gasteiger partial charge in [-0.05, 0) is 30.5 Å². The number of carbonyl (C=O) groups is 3. The molecule has 0 radical (unpaired) electrons. The number of aryl methyl sites for hydroxylation is 1. The van der Waals surface area contributed by atoms with Crippen molar-refractivity contribution in [1.29, 1.82) is 0 Å². The van der Waals surface area contributed by atoms with E-state index in [9.17, 15) is 14.4 Å². The van der Waals surface area contributed by atoms with Crippen molar-refractivity contribution < 1.29 is 19.1 Å². The van der Waals surface area contributed by atoms with E-state index in [4.69, 9.17) is 4.74 Å². The summed E-state index contributed by atoms with van der Waals surface area (Å²) in [7, 11) is 0. The number of nitrogens with zero attached hydrogens (tertiary/aromatic N) is 1. The first-order valence-electron chi connectivity index (χ1n) is 8.45. The maximum atomic E-state index is 12.4. The molecule has 1 heterocycles. The molecule has 2 aromatic rings. The van der Waals surface area contributed by atoms with Gasteiger partial charge in [-0.15, -0.1) is 0 Å². The van der Waals surface area contributed by atoms with Crippen LogP contribution >= 0.6 is 0 Å². The molecule has 1 aliphatic heterocycles. The van der Waals surface area contributed by atoms with Crippen LogP contribution in [0.5, 0.6) is 5.75 Å². The Kier molecular flexibility index (Phi) is 4.40. The van der Waals surface area contributed by atoms with Gasteiger partial charge in [0, 0.05) is 5.56 Å². The van der Waals surface area contributed by atoms with E-state index in [1.54, 1.807) is 30.3 Å². The van der Waals surface area contributed by atoms with Crippen molar-refractivity contribution in [3.63, 3.8) is 0 Å².